The first-order valence-electron chi connectivity index (χ1n) is 4.59. The number of aliphatic hydroxyl groups excluding tert-OH is 1. The average molecular weight is 170 g/mol. The largest absolute Gasteiger partial charge is 0.389 e. The molecule has 2 heteroatoms. The lowest BCUT2D eigenvalue weighted by Gasteiger charge is -2.38. The van der Waals surface area contributed by atoms with Crippen molar-refractivity contribution in [2.24, 2.45) is 11.8 Å². The van der Waals surface area contributed by atoms with Crippen LogP contribution in [0.5, 0.6) is 0 Å². The Balaban J connectivity index is 2.32. The molecule has 1 fully saturated rings. The molecule has 0 amide bonds. The molecule has 0 bridgehead atoms. The van der Waals surface area contributed by atoms with Crippen LogP contribution in [-0.4, -0.2) is 24.9 Å². The summed E-state index contributed by atoms with van der Waals surface area (Å²) in [7, 11) is 1.72. The second kappa shape index (κ2) is 4.63. The second-order valence-corrected chi connectivity index (χ2v) is 3.47. The molecular formula is C10H18O2. The van der Waals surface area contributed by atoms with Crippen molar-refractivity contribution in [3.8, 4) is 0 Å². The molecule has 2 nitrogen and oxygen atoms in total. The lowest BCUT2D eigenvalue weighted by molar-refractivity contribution is -0.00178. The van der Waals surface area contributed by atoms with E-state index in [0.717, 1.165) is 13.0 Å². The standard InChI is InChI=1S/C10H18O2/c1-3-4-10(11)9-6-5-8(9)7-12-2/h3-4,8-11H,5-7H2,1-2H3/t8-,9+,10+/m0/s1. The van der Waals surface area contributed by atoms with E-state index in [-0.39, 0.29) is 6.10 Å². The lowest BCUT2D eigenvalue weighted by atomic mass is 9.71. The molecular weight excluding hydrogens is 152 g/mol. The summed E-state index contributed by atoms with van der Waals surface area (Å²) in [5.41, 5.74) is 0. The minimum atomic E-state index is -0.260. The zero-order chi connectivity index (χ0) is 8.97. The number of aliphatic hydroxyl groups is 1. The van der Waals surface area contributed by atoms with Crippen LogP contribution >= 0.6 is 0 Å². The third kappa shape index (κ3) is 2.08. The van der Waals surface area contributed by atoms with Gasteiger partial charge in [-0.25, -0.2) is 0 Å². The normalized spacial score (nSPS) is 31.9. The smallest absolute Gasteiger partial charge is 0.0752 e. The van der Waals surface area contributed by atoms with Crippen LogP contribution in [0.2, 0.25) is 0 Å². The van der Waals surface area contributed by atoms with Gasteiger partial charge in [0, 0.05) is 13.7 Å². The van der Waals surface area contributed by atoms with Crippen LogP contribution in [-0.2, 0) is 4.74 Å². The van der Waals surface area contributed by atoms with E-state index < -0.39 is 0 Å². The van der Waals surface area contributed by atoms with Gasteiger partial charge in [0.05, 0.1) is 6.10 Å². The molecule has 0 unspecified atom stereocenters. The van der Waals surface area contributed by atoms with Gasteiger partial charge >= 0.3 is 0 Å². The first-order chi connectivity index (χ1) is 5.79. The van der Waals surface area contributed by atoms with Gasteiger partial charge in [-0.1, -0.05) is 12.2 Å². The van der Waals surface area contributed by atoms with Gasteiger partial charge in [0.1, 0.15) is 0 Å². The Kier molecular flexibility index (Phi) is 3.76. The highest BCUT2D eigenvalue weighted by atomic mass is 16.5. The molecule has 1 aliphatic carbocycles. The van der Waals surface area contributed by atoms with Gasteiger partial charge < -0.3 is 9.84 Å². The van der Waals surface area contributed by atoms with Crippen molar-refractivity contribution in [3.63, 3.8) is 0 Å². The molecule has 1 aliphatic rings. The van der Waals surface area contributed by atoms with E-state index in [1.165, 1.54) is 6.42 Å². The average Bonchev–Trinajstić information content (AvgIpc) is 1.98. The number of hydrogen-bond donors (Lipinski definition) is 1. The maximum absolute atomic E-state index is 9.62. The van der Waals surface area contributed by atoms with Gasteiger partial charge in [-0.05, 0) is 31.6 Å². The summed E-state index contributed by atoms with van der Waals surface area (Å²) >= 11 is 0. The Morgan fingerprint density at radius 1 is 1.58 bits per heavy atom. The van der Waals surface area contributed by atoms with Crippen LogP contribution in [0.3, 0.4) is 0 Å². The maximum Gasteiger partial charge on any atom is 0.0752 e. The summed E-state index contributed by atoms with van der Waals surface area (Å²) in [5.74, 6) is 1.00. The van der Waals surface area contributed by atoms with Crippen molar-refractivity contribution in [1.82, 2.24) is 0 Å². The minimum absolute atomic E-state index is 0.260. The molecule has 0 spiro atoms. The molecule has 0 saturated heterocycles. The van der Waals surface area contributed by atoms with E-state index in [0.29, 0.717) is 11.8 Å². The molecule has 0 heterocycles. The molecule has 70 valence electrons. The quantitative estimate of drug-likeness (QED) is 0.649. The first kappa shape index (κ1) is 9.75. The van der Waals surface area contributed by atoms with Crippen molar-refractivity contribution in [2.45, 2.75) is 25.9 Å². The van der Waals surface area contributed by atoms with Crippen molar-refractivity contribution >= 4 is 0 Å². The Bertz CT molecular complexity index is 154. The van der Waals surface area contributed by atoms with Crippen LogP contribution in [0, 0.1) is 11.8 Å². The summed E-state index contributed by atoms with van der Waals surface area (Å²) in [5, 5.41) is 9.62. The molecule has 0 radical (unpaired) electrons. The van der Waals surface area contributed by atoms with Crippen LogP contribution in [0.1, 0.15) is 19.8 Å². The van der Waals surface area contributed by atoms with Crippen molar-refractivity contribution in [1.29, 1.82) is 0 Å². The van der Waals surface area contributed by atoms with Crippen molar-refractivity contribution in [2.75, 3.05) is 13.7 Å². The van der Waals surface area contributed by atoms with Gasteiger partial charge in [0.2, 0.25) is 0 Å². The van der Waals surface area contributed by atoms with Gasteiger partial charge in [-0.2, -0.15) is 0 Å². The second-order valence-electron chi connectivity index (χ2n) is 3.47. The third-order valence-electron chi connectivity index (χ3n) is 2.69. The number of hydrogen-bond acceptors (Lipinski definition) is 2. The van der Waals surface area contributed by atoms with Crippen LogP contribution in [0.4, 0.5) is 0 Å². The molecule has 0 aromatic heterocycles. The van der Waals surface area contributed by atoms with Crippen LogP contribution in [0.25, 0.3) is 0 Å². The predicted octanol–water partition coefficient (Wildman–Crippen LogP) is 1.60. The fraction of sp³-hybridized carbons (Fsp3) is 0.800. The summed E-state index contributed by atoms with van der Waals surface area (Å²) in [6.07, 6.45) is 5.86. The fourth-order valence-electron chi connectivity index (χ4n) is 1.81. The Morgan fingerprint density at radius 2 is 2.33 bits per heavy atom. The lowest BCUT2D eigenvalue weighted by Crippen LogP contribution is -2.37. The topological polar surface area (TPSA) is 29.5 Å². The fourth-order valence-corrected chi connectivity index (χ4v) is 1.81. The highest BCUT2D eigenvalue weighted by Crippen LogP contribution is 2.37. The summed E-state index contributed by atoms with van der Waals surface area (Å²) < 4.78 is 5.07. The molecule has 3 atom stereocenters. The summed E-state index contributed by atoms with van der Waals surface area (Å²) in [6.45, 7) is 2.73. The molecule has 1 saturated carbocycles. The SMILES string of the molecule is CC=C[C@@H](O)[C@@H]1CC[C@H]1COC. The number of allylic oxidation sites excluding steroid dienone is 1. The zero-order valence-corrected chi connectivity index (χ0v) is 7.86. The Morgan fingerprint density at radius 3 is 2.75 bits per heavy atom. The highest BCUT2D eigenvalue weighted by molar-refractivity contribution is 4.96. The molecule has 1 N–H and O–H groups in total. The van der Waals surface area contributed by atoms with Gasteiger partial charge in [0.15, 0.2) is 0 Å². The van der Waals surface area contributed by atoms with E-state index in [9.17, 15) is 5.11 Å². The van der Waals surface area contributed by atoms with Gasteiger partial charge in [-0.15, -0.1) is 0 Å². The van der Waals surface area contributed by atoms with E-state index in [2.05, 4.69) is 0 Å². The molecule has 0 aromatic rings. The summed E-state index contributed by atoms with van der Waals surface area (Å²) in [4.78, 5) is 0. The van der Waals surface area contributed by atoms with Crippen molar-refractivity contribution in [3.05, 3.63) is 12.2 Å². The monoisotopic (exact) mass is 170 g/mol. The molecule has 1 rings (SSSR count). The van der Waals surface area contributed by atoms with Gasteiger partial charge in [-0.3, -0.25) is 0 Å². The Labute approximate surface area is 74.2 Å². The number of methoxy groups -OCH3 is 1. The van der Waals surface area contributed by atoms with E-state index in [4.69, 9.17) is 4.74 Å². The molecule has 12 heavy (non-hydrogen) atoms. The molecule has 0 aliphatic heterocycles. The van der Waals surface area contributed by atoms with E-state index in [1.54, 1.807) is 7.11 Å². The first-order valence-corrected chi connectivity index (χ1v) is 4.59. The maximum atomic E-state index is 9.62. The van der Waals surface area contributed by atoms with Gasteiger partial charge in [0.25, 0.3) is 0 Å². The third-order valence-corrected chi connectivity index (χ3v) is 2.69. The highest BCUT2D eigenvalue weighted by Gasteiger charge is 2.34. The van der Waals surface area contributed by atoms with Crippen LogP contribution < -0.4 is 0 Å². The summed E-state index contributed by atoms with van der Waals surface area (Å²) in [6, 6.07) is 0. The minimum Gasteiger partial charge on any atom is -0.389 e. The van der Waals surface area contributed by atoms with E-state index in [1.807, 2.05) is 19.1 Å². The van der Waals surface area contributed by atoms with E-state index >= 15 is 0 Å². The molecule has 0 aromatic carbocycles. The van der Waals surface area contributed by atoms with Crippen molar-refractivity contribution < 1.29 is 9.84 Å². The van der Waals surface area contributed by atoms with Crippen LogP contribution in [0.15, 0.2) is 12.2 Å². The number of rotatable bonds is 4. The Hall–Kier alpha value is -0.340. The number of ether oxygens (including phenoxy) is 1. The predicted molar refractivity (Wildman–Crippen MR) is 48.9 cm³/mol. The zero-order valence-electron chi connectivity index (χ0n) is 7.86.